The lowest BCUT2D eigenvalue weighted by atomic mass is 9.71. The molecule has 0 spiro atoms. The van der Waals surface area contributed by atoms with Gasteiger partial charge in [0.1, 0.15) is 0 Å². The first-order valence-electron chi connectivity index (χ1n) is 4.50. The lowest BCUT2D eigenvalue weighted by molar-refractivity contribution is 0.150. The molecule has 0 bridgehead atoms. The summed E-state index contributed by atoms with van der Waals surface area (Å²) in [5.74, 6) is 1.74. The Kier molecular flexibility index (Phi) is 2.28. The van der Waals surface area contributed by atoms with Crippen LogP contribution in [-0.4, -0.2) is 19.9 Å². The molecule has 0 unspecified atom stereocenters. The Morgan fingerprint density at radius 3 is 1.42 bits per heavy atom. The van der Waals surface area contributed by atoms with E-state index in [1.165, 1.54) is 0 Å². The van der Waals surface area contributed by atoms with Crippen LogP contribution in [0, 0.1) is 17.3 Å². The largest absolute Gasteiger partial charge is 0.229 e. The number of hydrogen-bond donors (Lipinski definition) is 0. The lowest BCUT2D eigenvalue weighted by Crippen LogP contribution is -2.55. The third kappa shape index (κ3) is 1.39. The third-order valence-electron chi connectivity index (χ3n) is 3.28. The molecular weight excluding hydrogens is 172 g/mol. The van der Waals surface area contributed by atoms with Gasteiger partial charge >= 0.3 is 0 Å². The highest BCUT2D eigenvalue weighted by Gasteiger charge is 2.52. The normalized spacial score (nSPS) is 25.8. The fourth-order valence-corrected chi connectivity index (χ4v) is 5.00. The molecule has 0 aromatic heterocycles. The minimum absolute atomic E-state index is 0.0683. The molecule has 72 valence electrons. The van der Waals surface area contributed by atoms with E-state index in [1.807, 2.05) is 0 Å². The predicted molar refractivity (Wildman–Crippen MR) is 50.8 cm³/mol. The summed E-state index contributed by atoms with van der Waals surface area (Å²) in [5.41, 5.74) is 0.0683. The van der Waals surface area contributed by atoms with Crippen LogP contribution >= 0.6 is 0 Å². The Bertz CT molecular complexity index is 240. The number of rotatable bonds is 2. The van der Waals surface area contributed by atoms with Crippen LogP contribution in [0.4, 0.5) is 0 Å². The average molecular weight is 190 g/mol. The second-order valence-electron chi connectivity index (χ2n) is 4.57. The summed E-state index contributed by atoms with van der Waals surface area (Å²) in [6.07, 6.45) is 0. The van der Waals surface area contributed by atoms with Crippen LogP contribution in [0.3, 0.4) is 0 Å². The molecule has 12 heavy (non-hydrogen) atoms. The van der Waals surface area contributed by atoms with E-state index in [1.54, 1.807) is 0 Å². The predicted octanol–water partition coefficient (Wildman–Crippen LogP) is 1.71. The summed E-state index contributed by atoms with van der Waals surface area (Å²) in [5, 5.41) is 0. The van der Waals surface area contributed by atoms with E-state index in [-0.39, 0.29) is 5.41 Å². The van der Waals surface area contributed by atoms with Crippen molar-refractivity contribution < 1.29 is 8.42 Å². The third-order valence-corrected chi connectivity index (χ3v) is 5.23. The fraction of sp³-hybridized carbons (Fsp3) is 1.00. The molecule has 2 nitrogen and oxygen atoms in total. The zero-order valence-electron chi connectivity index (χ0n) is 8.29. The Morgan fingerprint density at radius 1 is 1.00 bits per heavy atom. The Hall–Kier alpha value is -0.0500. The van der Waals surface area contributed by atoms with Crippen molar-refractivity contribution in [2.75, 3.05) is 11.5 Å². The first-order chi connectivity index (χ1) is 5.30. The van der Waals surface area contributed by atoms with Gasteiger partial charge in [-0.3, -0.25) is 0 Å². The van der Waals surface area contributed by atoms with Crippen LogP contribution in [0.2, 0.25) is 0 Å². The van der Waals surface area contributed by atoms with E-state index < -0.39 is 9.84 Å². The first kappa shape index (κ1) is 10.0. The zero-order chi connectivity index (χ0) is 9.57. The molecule has 1 fully saturated rings. The van der Waals surface area contributed by atoms with Crippen LogP contribution in [0.1, 0.15) is 27.7 Å². The molecule has 0 amide bonds. The second kappa shape index (κ2) is 2.72. The van der Waals surface area contributed by atoms with Gasteiger partial charge in [-0.2, -0.15) is 0 Å². The van der Waals surface area contributed by atoms with E-state index in [0.29, 0.717) is 23.3 Å². The van der Waals surface area contributed by atoms with Gasteiger partial charge in [-0.15, -0.1) is 0 Å². The van der Waals surface area contributed by atoms with Crippen LogP contribution < -0.4 is 0 Å². The molecule has 0 aromatic rings. The Balaban J connectivity index is 2.83. The number of hydrogen-bond acceptors (Lipinski definition) is 2. The van der Waals surface area contributed by atoms with Crippen molar-refractivity contribution in [3.05, 3.63) is 0 Å². The molecular formula is C9H18O2S. The SMILES string of the molecule is CC(C)C1(C(C)C)CS(=O)(=O)C1. The summed E-state index contributed by atoms with van der Waals surface area (Å²) in [4.78, 5) is 0. The highest BCUT2D eigenvalue weighted by atomic mass is 32.2. The summed E-state index contributed by atoms with van der Waals surface area (Å²) in [6, 6.07) is 0. The molecule has 0 N–H and O–H groups in total. The van der Waals surface area contributed by atoms with Crippen molar-refractivity contribution in [3.8, 4) is 0 Å². The highest BCUT2D eigenvalue weighted by molar-refractivity contribution is 7.92. The summed E-state index contributed by atoms with van der Waals surface area (Å²) in [7, 11) is -2.68. The van der Waals surface area contributed by atoms with Crippen molar-refractivity contribution in [2.24, 2.45) is 17.3 Å². The molecule has 1 heterocycles. The standard InChI is InChI=1S/C9H18O2S/c1-7(2)9(8(3)4)5-12(10,11)6-9/h7-8H,5-6H2,1-4H3. The number of sulfone groups is 1. The molecule has 1 aliphatic heterocycles. The minimum Gasteiger partial charge on any atom is -0.229 e. The van der Waals surface area contributed by atoms with Gasteiger partial charge in [-0.25, -0.2) is 8.42 Å². The summed E-state index contributed by atoms with van der Waals surface area (Å²) >= 11 is 0. The van der Waals surface area contributed by atoms with Crippen molar-refractivity contribution in [3.63, 3.8) is 0 Å². The van der Waals surface area contributed by atoms with Crippen molar-refractivity contribution >= 4 is 9.84 Å². The van der Waals surface area contributed by atoms with E-state index in [4.69, 9.17) is 0 Å². The zero-order valence-corrected chi connectivity index (χ0v) is 9.11. The molecule has 1 aliphatic rings. The van der Waals surface area contributed by atoms with Gasteiger partial charge in [0.05, 0.1) is 11.5 Å². The van der Waals surface area contributed by atoms with E-state index in [2.05, 4.69) is 27.7 Å². The van der Waals surface area contributed by atoms with Gasteiger partial charge in [0.25, 0.3) is 0 Å². The monoisotopic (exact) mass is 190 g/mol. The molecule has 0 atom stereocenters. The molecule has 1 saturated heterocycles. The summed E-state index contributed by atoms with van der Waals surface area (Å²) in [6.45, 7) is 8.48. The van der Waals surface area contributed by atoms with Gasteiger partial charge in [0, 0.05) is 5.41 Å². The molecule has 0 saturated carbocycles. The van der Waals surface area contributed by atoms with Crippen molar-refractivity contribution in [1.82, 2.24) is 0 Å². The van der Waals surface area contributed by atoms with Crippen LogP contribution in [0.25, 0.3) is 0 Å². The molecule has 1 rings (SSSR count). The van der Waals surface area contributed by atoms with E-state index in [9.17, 15) is 8.42 Å². The van der Waals surface area contributed by atoms with Crippen LogP contribution in [0.15, 0.2) is 0 Å². The lowest BCUT2D eigenvalue weighted by Gasteiger charge is -2.48. The fourth-order valence-electron chi connectivity index (χ4n) is 2.11. The average Bonchev–Trinajstić information content (AvgIpc) is 1.80. The smallest absolute Gasteiger partial charge is 0.151 e. The summed E-state index contributed by atoms with van der Waals surface area (Å²) < 4.78 is 22.2. The Labute approximate surface area is 75.3 Å². The quantitative estimate of drug-likeness (QED) is 0.664. The molecule has 0 aliphatic carbocycles. The van der Waals surface area contributed by atoms with Crippen LogP contribution in [0.5, 0.6) is 0 Å². The van der Waals surface area contributed by atoms with E-state index in [0.717, 1.165) is 0 Å². The topological polar surface area (TPSA) is 34.1 Å². The maximum atomic E-state index is 11.1. The molecule has 3 heteroatoms. The van der Waals surface area contributed by atoms with Crippen molar-refractivity contribution in [2.45, 2.75) is 27.7 Å². The second-order valence-corrected chi connectivity index (χ2v) is 6.64. The van der Waals surface area contributed by atoms with Crippen molar-refractivity contribution in [1.29, 1.82) is 0 Å². The van der Waals surface area contributed by atoms with Gasteiger partial charge in [0.2, 0.25) is 0 Å². The van der Waals surface area contributed by atoms with Crippen LogP contribution in [-0.2, 0) is 9.84 Å². The molecule has 0 radical (unpaired) electrons. The first-order valence-corrected chi connectivity index (χ1v) is 6.33. The maximum Gasteiger partial charge on any atom is 0.151 e. The highest BCUT2D eigenvalue weighted by Crippen LogP contribution is 2.45. The van der Waals surface area contributed by atoms with Gasteiger partial charge in [-0.1, -0.05) is 27.7 Å². The Morgan fingerprint density at radius 2 is 1.33 bits per heavy atom. The van der Waals surface area contributed by atoms with E-state index >= 15 is 0 Å². The van der Waals surface area contributed by atoms with Gasteiger partial charge in [0.15, 0.2) is 9.84 Å². The van der Waals surface area contributed by atoms with Gasteiger partial charge < -0.3 is 0 Å². The molecule has 0 aromatic carbocycles. The van der Waals surface area contributed by atoms with Gasteiger partial charge in [-0.05, 0) is 11.8 Å². The maximum absolute atomic E-state index is 11.1. The minimum atomic E-state index is -2.68.